The molecule has 1 atom stereocenters. The second-order valence-electron chi connectivity index (χ2n) is 4.38. The summed E-state index contributed by atoms with van der Waals surface area (Å²) in [6.45, 7) is 7.69. The fourth-order valence-electron chi connectivity index (χ4n) is 1.95. The second-order valence-corrected chi connectivity index (χ2v) is 4.38. The Morgan fingerprint density at radius 2 is 2.06 bits per heavy atom. The minimum absolute atomic E-state index is 0.0417. The van der Waals surface area contributed by atoms with E-state index in [1.165, 1.54) is 0 Å². The van der Waals surface area contributed by atoms with E-state index in [4.69, 9.17) is 10.5 Å². The molecule has 1 rings (SSSR count). The summed E-state index contributed by atoms with van der Waals surface area (Å²) in [5, 5.41) is 4.58. The maximum absolute atomic E-state index is 5.97. The highest BCUT2D eigenvalue weighted by molar-refractivity contribution is 5.02. The molecular formula is C13H25N3O. The van der Waals surface area contributed by atoms with E-state index >= 15 is 0 Å². The number of hydrogen-bond donors (Lipinski definition) is 1. The van der Waals surface area contributed by atoms with Crippen molar-refractivity contribution in [2.75, 3.05) is 13.2 Å². The van der Waals surface area contributed by atoms with Crippen molar-refractivity contribution in [1.82, 2.24) is 9.78 Å². The molecule has 1 heterocycles. The molecule has 17 heavy (non-hydrogen) atoms. The van der Waals surface area contributed by atoms with E-state index in [1.54, 1.807) is 0 Å². The van der Waals surface area contributed by atoms with Crippen molar-refractivity contribution >= 4 is 0 Å². The maximum atomic E-state index is 5.97. The van der Waals surface area contributed by atoms with Gasteiger partial charge in [0, 0.05) is 25.3 Å². The van der Waals surface area contributed by atoms with Gasteiger partial charge in [-0.05, 0) is 25.8 Å². The molecule has 4 nitrogen and oxygen atoms in total. The molecule has 98 valence electrons. The summed E-state index contributed by atoms with van der Waals surface area (Å²) in [7, 11) is 0. The van der Waals surface area contributed by atoms with Crippen molar-refractivity contribution in [2.45, 2.75) is 52.1 Å². The molecule has 0 aliphatic carbocycles. The van der Waals surface area contributed by atoms with Gasteiger partial charge in [0.1, 0.15) is 0 Å². The smallest absolute Gasteiger partial charge is 0.0641 e. The molecule has 0 aromatic carbocycles. The van der Waals surface area contributed by atoms with E-state index in [0.29, 0.717) is 12.6 Å². The molecule has 0 saturated carbocycles. The summed E-state index contributed by atoms with van der Waals surface area (Å²) in [5.74, 6) is 0. The molecule has 0 aliphatic heterocycles. The van der Waals surface area contributed by atoms with Gasteiger partial charge in [-0.3, -0.25) is 4.68 Å². The Hall–Kier alpha value is -0.870. The van der Waals surface area contributed by atoms with Crippen LogP contribution >= 0.6 is 0 Å². The van der Waals surface area contributed by atoms with Gasteiger partial charge in [-0.2, -0.15) is 5.10 Å². The van der Waals surface area contributed by atoms with E-state index < -0.39 is 0 Å². The van der Waals surface area contributed by atoms with Crippen molar-refractivity contribution in [3.63, 3.8) is 0 Å². The zero-order chi connectivity index (χ0) is 12.7. The van der Waals surface area contributed by atoms with Gasteiger partial charge in [-0.15, -0.1) is 0 Å². The van der Waals surface area contributed by atoms with Gasteiger partial charge in [0.25, 0.3) is 0 Å². The topological polar surface area (TPSA) is 53.1 Å². The van der Waals surface area contributed by atoms with E-state index in [0.717, 1.165) is 31.6 Å². The minimum Gasteiger partial charge on any atom is -0.380 e. The molecular weight excluding hydrogens is 214 g/mol. The van der Waals surface area contributed by atoms with Crippen LogP contribution in [0.1, 0.15) is 45.3 Å². The lowest BCUT2D eigenvalue weighted by Crippen LogP contribution is -2.29. The average Bonchev–Trinajstić information content (AvgIpc) is 2.76. The second kappa shape index (κ2) is 7.45. The first-order valence-electron chi connectivity index (χ1n) is 6.58. The Morgan fingerprint density at radius 3 is 2.65 bits per heavy atom. The van der Waals surface area contributed by atoms with Gasteiger partial charge >= 0.3 is 0 Å². The van der Waals surface area contributed by atoms with Crippen LogP contribution in [0.5, 0.6) is 0 Å². The van der Waals surface area contributed by atoms with Crippen LogP contribution in [0.4, 0.5) is 0 Å². The Bertz CT molecular complexity index is 307. The number of nitrogens with zero attached hydrogens (tertiary/aromatic N) is 2. The van der Waals surface area contributed by atoms with Crippen LogP contribution in [0.2, 0.25) is 0 Å². The van der Waals surface area contributed by atoms with Crippen molar-refractivity contribution in [2.24, 2.45) is 5.73 Å². The fourth-order valence-corrected chi connectivity index (χ4v) is 1.95. The van der Waals surface area contributed by atoms with Gasteiger partial charge in [0.15, 0.2) is 0 Å². The lowest BCUT2D eigenvalue weighted by atomic mass is 10.2. The van der Waals surface area contributed by atoms with Crippen LogP contribution in [0.25, 0.3) is 0 Å². The van der Waals surface area contributed by atoms with Crippen LogP contribution < -0.4 is 5.73 Å². The van der Waals surface area contributed by atoms with E-state index in [9.17, 15) is 0 Å². The molecule has 1 unspecified atom stereocenters. The molecule has 0 bridgehead atoms. The van der Waals surface area contributed by atoms with Gasteiger partial charge in [-0.1, -0.05) is 13.8 Å². The van der Waals surface area contributed by atoms with Crippen molar-refractivity contribution in [3.05, 3.63) is 18.0 Å². The van der Waals surface area contributed by atoms with Crippen LogP contribution in [0.15, 0.2) is 12.3 Å². The fraction of sp³-hybridized carbons (Fsp3) is 0.769. The highest BCUT2D eigenvalue weighted by atomic mass is 16.5. The summed E-state index contributed by atoms with van der Waals surface area (Å²) >= 11 is 0. The van der Waals surface area contributed by atoms with Gasteiger partial charge in [-0.25, -0.2) is 0 Å². The predicted octanol–water partition coefficient (Wildman–Crippen LogP) is 2.15. The first kappa shape index (κ1) is 14.2. The molecule has 1 aromatic rings. The largest absolute Gasteiger partial charge is 0.380 e. The maximum Gasteiger partial charge on any atom is 0.0641 e. The van der Waals surface area contributed by atoms with Crippen LogP contribution in [-0.2, 0) is 11.2 Å². The summed E-state index contributed by atoms with van der Waals surface area (Å²) in [4.78, 5) is 0. The Labute approximate surface area is 104 Å². The summed E-state index contributed by atoms with van der Waals surface area (Å²) in [6.07, 6.45) is 5.07. The van der Waals surface area contributed by atoms with Crippen molar-refractivity contribution in [3.8, 4) is 0 Å². The lowest BCUT2D eigenvalue weighted by Gasteiger charge is -2.13. The predicted molar refractivity (Wildman–Crippen MR) is 70.0 cm³/mol. The average molecular weight is 239 g/mol. The third-order valence-electron chi connectivity index (χ3n) is 2.99. The molecule has 4 heteroatoms. The number of ether oxygens (including phenoxy) is 1. The van der Waals surface area contributed by atoms with E-state index in [2.05, 4.69) is 35.9 Å². The van der Waals surface area contributed by atoms with Crippen molar-refractivity contribution in [1.29, 1.82) is 0 Å². The number of aromatic nitrogens is 2. The quantitative estimate of drug-likeness (QED) is 0.756. The zero-order valence-corrected chi connectivity index (χ0v) is 11.2. The van der Waals surface area contributed by atoms with Crippen LogP contribution in [0.3, 0.4) is 0 Å². The third kappa shape index (κ3) is 4.48. The first-order chi connectivity index (χ1) is 8.21. The molecule has 2 N–H and O–H groups in total. The summed E-state index contributed by atoms with van der Waals surface area (Å²) in [5.41, 5.74) is 7.03. The van der Waals surface area contributed by atoms with Gasteiger partial charge in [0.2, 0.25) is 0 Å². The standard InChI is InChI=1S/C13H25N3O/c1-4-13(5-2)16-8-7-12(15-16)9-11(14)10-17-6-3/h7-8,11,13H,4-6,9-10,14H2,1-3H3. The number of nitrogens with two attached hydrogens (primary N) is 1. The summed E-state index contributed by atoms with van der Waals surface area (Å²) < 4.78 is 7.36. The molecule has 0 aliphatic rings. The number of rotatable bonds is 8. The van der Waals surface area contributed by atoms with E-state index in [1.807, 2.05) is 6.92 Å². The minimum atomic E-state index is 0.0417. The zero-order valence-electron chi connectivity index (χ0n) is 11.2. The highest BCUT2D eigenvalue weighted by Gasteiger charge is 2.10. The third-order valence-corrected chi connectivity index (χ3v) is 2.99. The summed E-state index contributed by atoms with van der Waals surface area (Å²) in [6, 6.07) is 2.61. The first-order valence-corrected chi connectivity index (χ1v) is 6.58. The highest BCUT2D eigenvalue weighted by Crippen LogP contribution is 2.14. The monoisotopic (exact) mass is 239 g/mol. The molecule has 0 fully saturated rings. The van der Waals surface area contributed by atoms with Crippen LogP contribution in [-0.4, -0.2) is 29.0 Å². The van der Waals surface area contributed by atoms with E-state index in [-0.39, 0.29) is 6.04 Å². The van der Waals surface area contributed by atoms with Gasteiger partial charge < -0.3 is 10.5 Å². The Morgan fingerprint density at radius 1 is 1.35 bits per heavy atom. The number of hydrogen-bond acceptors (Lipinski definition) is 3. The SMILES string of the molecule is CCOCC(N)Cc1ccn(C(CC)CC)n1. The molecule has 1 aromatic heterocycles. The molecule has 0 spiro atoms. The lowest BCUT2D eigenvalue weighted by molar-refractivity contribution is 0.133. The van der Waals surface area contributed by atoms with Crippen LogP contribution in [0, 0.1) is 0 Å². The molecule has 0 radical (unpaired) electrons. The molecule has 0 saturated heterocycles. The normalized spacial score (nSPS) is 13.2. The van der Waals surface area contributed by atoms with Crippen molar-refractivity contribution < 1.29 is 4.74 Å². The Balaban J connectivity index is 2.50. The Kier molecular flexibility index (Phi) is 6.22. The molecule has 0 amide bonds. The van der Waals surface area contributed by atoms with Gasteiger partial charge in [0.05, 0.1) is 18.3 Å².